The summed E-state index contributed by atoms with van der Waals surface area (Å²) in [5, 5.41) is 0. The molecule has 0 fully saturated rings. The van der Waals surface area contributed by atoms with Crippen molar-refractivity contribution < 1.29 is 14.3 Å². The van der Waals surface area contributed by atoms with Crippen LogP contribution in [0.2, 0.25) is 0 Å². The molecule has 0 heterocycles. The van der Waals surface area contributed by atoms with Crippen LogP contribution in [0.25, 0.3) is 0 Å². The Hall–Kier alpha value is -0.640. The van der Waals surface area contributed by atoms with E-state index in [-0.39, 0.29) is 11.8 Å². The lowest BCUT2D eigenvalue weighted by Gasteiger charge is -2.02. The predicted octanol–water partition coefficient (Wildman–Crippen LogP) is 6.10. The number of hydrogen-bond donors (Lipinski definition) is 0. The number of hydrogen-bond acceptors (Lipinski definition) is 3. The first kappa shape index (κ1) is 22.4. The first-order valence-electron chi connectivity index (χ1n) is 9.07. The standard InChI is InChI=1S/C19H33BrO3/c1-3-4-5-6-9-12-15-18(21)17(20)14-11-8-7-10-13-16-19(22)23-2/h14H,3-13,15-16H2,1-2H3/b17-14-. The third-order valence-electron chi connectivity index (χ3n) is 3.91. The number of carbonyl (C=O) groups is 2. The van der Waals surface area contributed by atoms with Crippen molar-refractivity contribution in [3.8, 4) is 0 Å². The normalized spacial score (nSPS) is 11.5. The molecule has 3 nitrogen and oxygen atoms in total. The fraction of sp³-hybridized carbons (Fsp3) is 0.789. The number of Topliss-reactive ketones (excluding diaryl/α,β-unsaturated/α-hetero) is 1. The summed E-state index contributed by atoms with van der Waals surface area (Å²) >= 11 is 3.40. The molecule has 0 aromatic rings. The molecule has 0 aromatic carbocycles. The van der Waals surface area contributed by atoms with E-state index in [1.54, 1.807) is 0 Å². The second kappa shape index (κ2) is 16.2. The Labute approximate surface area is 150 Å². The number of carbonyl (C=O) groups excluding carboxylic acids is 2. The molecule has 0 bridgehead atoms. The van der Waals surface area contributed by atoms with Crippen LogP contribution >= 0.6 is 15.9 Å². The summed E-state index contributed by atoms with van der Waals surface area (Å²) in [7, 11) is 1.42. The smallest absolute Gasteiger partial charge is 0.305 e. The van der Waals surface area contributed by atoms with Gasteiger partial charge in [0.25, 0.3) is 0 Å². The Morgan fingerprint density at radius 2 is 1.43 bits per heavy atom. The molecule has 0 aliphatic heterocycles. The van der Waals surface area contributed by atoms with Crippen molar-refractivity contribution in [1.82, 2.24) is 0 Å². The molecule has 0 aliphatic carbocycles. The number of esters is 1. The molecule has 0 atom stereocenters. The number of ketones is 1. The minimum atomic E-state index is -0.132. The first-order chi connectivity index (χ1) is 11.1. The van der Waals surface area contributed by atoms with Crippen molar-refractivity contribution in [3.63, 3.8) is 0 Å². The van der Waals surface area contributed by atoms with Crippen molar-refractivity contribution in [1.29, 1.82) is 0 Å². The number of rotatable bonds is 15. The molecule has 0 amide bonds. The zero-order valence-corrected chi connectivity index (χ0v) is 16.5. The molecule has 134 valence electrons. The lowest BCUT2D eigenvalue weighted by Crippen LogP contribution is -1.99. The second-order valence-electron chi connectivity index (χ2n) is 6.02. The Bertz CT molecular complexity index is 351. The van der Waals surface area contributed by atoms with Crippen LogP contribution in [0.3, 0.4) is 0 Å². The molecule has 0 rings (SSSR count). The molecule has 0 radical (unpaired) electrons. The number of allylic oxidation sites excluding steroid dienone is 2. The van der Waals surface area contributed by atoms with Crippen LogP contribution in [0, 0.1) is 0 Å². The van der Waals surface area contributed by atoms with E-state index in [4.69, 9.17) is 0 Å². The minimum absolute atomic E-state index is 0.132. The molecule has 0 saturated heterocycles. The molecule has 23 heavy (non-hydrogen) atoms. The van der Waals surface area contributed by atoms with Gasteiger partial charge in [-0.05, 0) is 41.6 Å². The Kier molecular flexibility index (Phi) is 15.8. The van der Waals surface area contributed by atoms with E-state index in [1.165, 1.54) is 32.8 Å². The molecule has 0 aliphatic rings. The minimum Gasteiger partial charge on any atom is -0.469 e. The first-order valence-corrected chi connectivity index (χ1v) is 9.86. The molecule has 0 aromatic heterocycles. The molecule has 0 saturated carbocycles. The maximum Gasteiger partial charge on any atom is 0.305 e. The van der Waals surface area contributed by atoms with E-state index in [1.807, 2.05) is 6.08 Å². The summed E-state index contributed by atoms with van der Waals surface area (Å²) < 4.78 is 5.34. The fourth-order valence-electron chi connectivity index (χ4n) is 2.40. The largest absolute Gasteiger partial charge is 0.469 e. The summed E-state index contributed by atoms with van der Waals surface area (Å²) in [5.74, 6) is 0.0964. The van der Waals surface area contributed by atoms with Gasteiger partial charge in [0.2, 0.25) is 0 Å². The summed E-state index contributed by atoms with van der Waals surface area (Å²) in [6.45, 7) is 2.21. The van der Waals surface area contributed by atoms with Gasteiger partial charge in [-0.1, -0.05) is 57.9 Å². The van der Waals surface area contributed by atoms with Crippen molar-refractivity contribution in [2.45, 2.75) is 90.4 Å². The zero-order chi connectivity index (χ0) is 17.3. The third kappa shape index (κ3) is 14.7. The summed E-state index contributed by atoms with van der Waals surface area (Å²) in [4.78, 5) is 22.9. The fourth-order valence-corrected chi connectivity index (χ4v) is 2.82. The predicted molar refractivity (Wildman–Crippen MR) is 99.7 cm³/mol. The van der Waals surface area contributed by atoms with E-state index < -0.39 is 0 Å². The Morgan fingerprint density at radius 1 is 0.870 bits per heavy atom. The van der Waals surface area contributed by atoms with Crippen LogP contribution in [0.4, 0.5) is 0 Å². The molecule has 0 unspecified atom stereocenters. The van der Waals surface area contributed by atoms with Gasteiger partial charge in [0, 0.05) is 12.8 Å². The lowest BCUT2D eigenvalue weighted by molar-refractivity contribution is -0.140. The van der Waals surface area contributed by atoms with Crippen LogP contribution in [0.5, 0.6) is 0 Å². The van der Waals surface area contributed by atoms with Crippen LogP contribution in [-0.2, 0) is 14.3 Å². The van der Waals surface area contributed by atoms with Crippen LogP contribution in [0.15, 0.2) is 10.6 Å². The van der Waals surface area contributed by atoms with Gasteiger partial charge in [-0.25, -0.2) is 0 Å². The van der Waals surface area contributed by atoms with Gasteiger partial charge in [0.1, 0.15) is 0 Å². The number of unbranched alkanes of at least 4 members (excludes halogenated alkanes) is 9. The van der Waals surface area contributed by atoms with Crippen molar-refractivity contribution in [3.05, 3.63) is 10.6 Å². The maximum atomic E-state index is 11.9. The topological polar surface area (TPSA) is 43.4 Å². The number of methoxy groups -OCH3 is 1. The highest BCUT2D eigenvalue weighted by Gasteiger charge is 2.05. The SMILES string of the molecule is CCCCCCCCC(=O)/C(Br)=C/CCCCCCC(=O)OC. The average Bonchev–Trinajstić information content (AvgIpc) is 2.56. The van der Waals surface area contributed by atoms with E-state index in [9.17, 15) is 9.59 Å². The molecular weight excluding hydrogens is 356 g/mol. The van der Waals surface area contributed by atoms with Gasteiger partial charge in [-0.3, -0.25) is 9.59 Å². The van der Waals surface area contributed by atoms with E-state index >= 15 is 0 Å². The highest BCUT2D eigenvalue weighted by molar-refractivity contribution is 9.12. The summed E-state index contributed by atoms with van der Waals surface area (Å²) in [6.07, 6.45) is 15.4. The molecule has 4 heteroatoms. The van der Waals surface area contributed by atoms with Gasteiger partial charge < -0.3 is 4.74 Å². The van der Waals surface area contributed by atoms with Crippen molar-refractivity contribution in [2.75, 3.05) is 7.11 Å². The summed E-state index contributed by atoms with van der Waals surface area (Å²) in [6, 6.07) is 0. The zero-order valence-electron chi connectivity index (χ0n) is 14.9. The number of halogens is 1. The molecule has 0 N–H and O–H groups in total. The highest BCUT2D eigenvalue weighted by atomic mass is 79.9. The van der Waals surface area contributed by atoms with E-state index in [0.29, 0.717) is 12.8 Å². The quantitative estimate of drug-likeness (QED) is 0.193. The second-order valence-corrected chi connectivity index (χ2v) is 6.88. The van der Waals surface area contributed by atoms with Crippen LogP contribution in [0.1, 0.15) is 90.4 Å². The van der Waals surface area contributed by atoms with Crippen LogP contribution < -0.4 is 0 Å². The highest BCUT2D eigenvalue weighted by Crippen LogP contribution is 2.16. The third-order valence-corrected chi connectivity index (χ3v) is 4.68. The van der Waals surface area contributed by atoms with Gasteiger partial charge in [0.05, 0.1) is 11.6 Å². The van der Waals surface area contributed by atoms with Gasteiger partial charge in [-0.15, -0.1) is 0 Å². The molecule has 0 spiro atoms. The van der Waals surface area contributed by atoms with Gasteiger partial charge in [-0.2, -0.15) is 0 Å². The number of ether oxygens (including phenoxy) is 1. The van der Waals surface area contributed by atoms with Crippen molar-refractivity contribution >= 4 is 27.7 Å². The Balaban J connectivity index is 3.57. The van der Waals surface area contributed by atoms with Gasteiger partial charge >= 0.3 is 5.97 Å². The van der Waals surface area contributed by atoms with Gasteiger partial charge in [0.15, 0.2) is 5.78 Å². The van der Waals surface area contributed by atoms with Crippen molar-refractivity contribution in [2.24, 2.45) is 0 Å². The van der Waals surface area contributed by atoms with Crippen LogP contribution in [-0.4, -0.2) is 18.9 Å². The maximum absolute atomic E-state index is 11.9. The summed E-state index contributed by atoms with van der Waals surface area (Å²) in [5.41, 5.74) is 0. The monoisotopic (exact) mass is 388 g/mol. The lowest BCUT2D eigenvalue weighted by atomic mass is 10.1. The van der Waals surface area contributed by atoms with E-state index in [0.717, 1.165) is 49.4 Å². The Morgan fingerprint density at radius 3 is 2.09 bits per heavy atom. The average molecular weight is 389 g/mol. The molecular formula is C19H33BrO3. The van der Waals surface area contributed by atoms with E-state index in [2.05, 4.69) is 27.6 Å².